The number of aliphatic hydroxyl groups excluding tert-OH is 1. The molecule has 3 nitrogen and oxygen atoms in total. The number of hydrogen-bond donors (Lipinski definition) is 2. The van der Waals surface area contributed by atoms with Crippen LogP contribution in [0.25, 0.3) is 0 Å². The molecule has 0 heterocycles. The molecule has 0 bridgehead atoms. The van der Waals surface area contributed by atoms with E-state index >= 15 is 0 Å². The third-order valence-corrected chi connectivity index (χ3v) is 6.53. The maximum absolute atomic E-state index is 12.8. The van der Waals surface area contributed by atoms with Gasteiger partial charge in [0.1, 0.15) is 5.75 Å². The Bertz CT molecular complexity index is 649. The number of hydrogen-bond acceptors (Lipinski definition) is 3. The summed E-state index contributed by atoms with van der Waals surface area (Å²) in [6, 6.07) is 4.03. The van der Waals surface area contributed by atoms with E-state index in [1.807, 2.05) is 19.9 Å². The average molecular weight is 316 g/mol. The molecule has 3 heteroatoms. The number of carbonyl (C=O) groups excluding carboxylic acids is 1. The van der Waals surface area contributed by atoms with E-state index in [1.165, 1.54) is 0 Å². The van der Waals surface area contributed by atoms with Gasteiger partial charge < -0.3 is 10.2 Å². The van der Waals surface area contributed by atoms with Crippen molar-refractivity contribution in [3.63, 3.8) is 0 Å². The molecule has 3 atom stereocenters. The number of aromatic hydroxyl groups is 1. The van der Waals surface area contributed by atoms with Crippen LogP contribution in [0.2, 0.25) is 0 Å². The molecule has 1 saturated carbocycles. The molecule has 1 unspecified atom stereocenters. The van der Waals surface area contributed by atoms with Crippen molar-refractivity contribution in [3.8, 4) is 5.75 Å². The summed E-state index contributed by atoms with van der Waals surface area (Å²) in [4.78, 5) is 12.8. The van der Waals surface area contributed by atoms with E-state index in [0.29, 0.717) is 12.0 Å². The molecule has 1 aromatic rings. The number of ketones is 1. The average Bonchev–Trinajstić information content (AvgIpc) is 2.49. The number of phenols is 1. The molecule has 0 saturated heterocycles. The van der Waals surface area contributed by atoms with Gasteiger partial charge in [-0.05, 0) is 46.6 Å². The van der Waals surface area contributed by atoms with Crippen LogP contribution in [-0.4, -0.2) is 22.6 Å². The molecule has 2 aliphatic rings. The van der Waals surface area contributed by atoms with Crippen LogP contribution in [0, 0.1) is 11.3 Å². The Labute approximate surface area is 138 Å². The SMILES string of the molecule is CC(C)c1ccc2c(c1O)C(=O)C[C@H]1C(C)(CO)CCC[C@]21C. The van der Waals surface area contributed by atoms with Gasteiger partial charge >= 0.3 is 0 Å². The van der Waals surface area contributed by atoms with Gasteiger partial charge in [0.05, 0.1) is 5.56 Å². The van der Waals surface area contributed by atoms with Crippen molar-refractivity contribution >= 4 is 5.78 Å². The molecule has 3 rings (SSSR count). The van der Waals surface area contributed by atoms with E-state index in [4.69, 9.17) is 0 Å². The van der Waals surface area contributed by atoms with E-state index in [0.717, 1.165) is 30.4 Å². The van der Waals surface area contributed by atoms with Crippen LogP contribution < -0.4 is 0 Å². The van der Waals surface area contributed by atoms with E-state index in [-0.39, 0.29) is 40.8 Å². The molecular weight excluding hydrogens is 288 g/mol. The Balaban J connectivity index is 2.20. The number of aliphatic hydroxyl groups is 1. The Morgan fingerprint density at radius 3 is 2.57 bits per heavy atom. The molecule has 23 heavy (non-hydrogen) atoms. The molecule has 0 amide bonds. The van der Waals surface area contributed by atoms with Crippen molar-refractivity contribution in [1.29, 1.82) is 0 Å². The van der Waals surface area contributed by atoms with Gasteiger partial charge in [-0.25, -0.2) is 0 Å². The second-order valence-electron chi connectivity index (χ2n) is 8.34. The third-order valence-electron chi connectivity index (χ3n) is 6.53. The second kappa shape index (κ2) is 5.34. The summed E-state index contributed by atoms with van der Waals surface area (Å²) < 4.78 is 0. The lowest BCUT2D eigenvalue weighted by atomic mass is 9.49. The van der Waals surface area contributed by atoms with Crippen LogP contribution in [0.1, 0.15) is 80.8 Å². The summed E-state index contributed by atoms with van der Waals surface area (Å²) in [6.45, 7) is 8.50. The number of Topliss-reactive ketones (excluding diaryl/α,β-unsaturated/α-hetero) is 1. The molecule has 0 radical (unpaired) electrons. The minimum absolute atomic E-state index is 0.0315. The maximum Gasteiger partial charge on any atom is 0.167 e. The van der Waals surface area contributed by atoms with Crippen molar-refractivity contribution in [3.05, 3.63) is 28.8 Å². The monoisotopic (exact) mass is 316 g/mol. The Kier molecular flexibility index (Phi) is 3.83. The highest BCUT2D eigenvalue weighted by Gasteiger charge is 2.54. The number of benzene rings is 1. The Hall–Kier alpha value is -1.35. The van der Waals surface area contributed by atoms with Gasteiger partial charge in [-0.15, -0.1) is 0 Å². The fourth-order valence-electron chi connectivity index (χ4n) is 5.08. The van der Waals surface area contributed by atoms with E-state index < -0.39 is 0 Å². The number of phenolic OH excluding ortho intramolecular Hbond substituents is 1. The highest BCUT2D eigenvalue weighted by molar-refractivity contribution is 6.02. The van der Waals surface area contributed by atoms with Crippen LogP contribution in [0.5, 0.6) is 5.75 Å². The largest absolute Gasteiger partial charge is 0.507 e. The van der Waals surface area contributed by atoms with E-state index in [2.05, 4.69) is 19.9 Å². The van der Waals surface area contributed by atoms with Crippen molar-refractivity contribution in [2.45, 2.75) is 64.7 Å². The molecule has 0 spiro atoms. The predicted molar refractivity (Wildman–Crippen MR) is 91.0 cm³/mol. The smallest absolute Gasteiger partial charge is 0.167 e. The first-order chi connectivity index (χ1) is 10.7. The lowest BCUT2D eigenvalue weighted by Crippen LogP contribution is -2.51. The number of rotatable bonds is 2. The molecule has 1 aromatic carbocycles. The maximum atomic E-state index is 12.8. The summed E-state index contributed by atoms with van der Waals surface area (Å²) in [5, 5.41) is 20.6. The molecule has 0 aliphatic heterocycles. The standard InChI is InChI=1S/C20H28O3/c1-12(2)13-6-7-14-17(18(13)23)15(22)10-16-19(3,11-21)8-5-9-20(14,16)4/h6-7,12,16,21,23H,5,8-11H2,1-4H3/t16-,19?,20+/m0/s1. The van der Waals surface area contributed by atoms with Crippen LogP contribution in [0.3, 0.4) is 0 Å². The molecule has 2 aliphatic carbocycles. The lowest BCUT2D eigenvalue weighted by Gasteiger charge is -2.54. The quantitative estimate of drug-likeness (QED) is 0.861. The Morgan fingerprint density at radius 1 is 1.26 bits per heavy atom. The van der Waals surface area contributed by atoms with Crippen LogP contribution in [-0.2, 0) is 5.41 Å². The fourth-order valence-corrected chi connectivity index (χ4v) is 5.08. The second-order valence-corrected chi connectivity index (χ2v) is 8.34. The first kappa shape index (κ1) is 16.5. The first-order valence-corrected chi connectivity index (χ1v) is 8.75. The minimum atomic E-state index is -0.216. The normalized spacial score (nSPS) is 33.5. The minimum Gasteiger partial charge on any atom is -0.507 e. The van der Waals surface area contributed by atoms with Crippen LogP contribution >= 0.6 is 0 Å². The summed E-state index contributed by atoms with van der Waals surface area (Å²) >= 11 is 0. The first-order valence-electron chi connectivity index (χ1n) is 8.75. The molecule has 2 N–H and O–H groups in total. The van der Waals surface area contributed by atoms with Gasteiger partial charge in [0.25, 0.3) is 0 Å². The third kappa shape index (κ3) is 2.24. The Morgan fingerprint density at radius 2 is 1.96 bits per heavy atom. The zero-order valence-electron chi connectivity index (χ0n) is 14.6. The zero-order chi connectivity index (χ0) is 17.0. The number of carbonyl (C=O) groups is 1. The highest BCUT2D eigenvalue weighted by Crippen LogP contribution is 2.58. The van der Waals surface area contributed by atoms with Crippen LogP contribution in [0.4, 0.5) is 0 Å². The van der Waals surface area contributed by atoms with Crippen molar-refractivity contribution in [1.82, 2.24) is 0 Å². The molecular formula is C20H28O3. The molecule has 126 valence electrons. The number of fused-ring (bicyclic) bond motifs is 3. The zero-order valence-corrected chi connectivity index (χ0v) is 14.6. The van der Waals surface area contributed by atoms with Crippen molar-refractivity contribution in [2.24, 2.45) is 11.3 Å². The molecule has 0 aromatic heterocycles. The van der Waals surface area contributed by atoms with E-state index in [9.17, 15) is 15.0 Å². The van der Waals surface area contributed by atoms with Gasteiger partial charge in [-0.2, -0.15) is 0 Å². The van der Waals surface area contributed by atoms with Gasteiger partial charge in [0.2, 0.25) is 0 Å². The summed E-state index contributed by atoms with van der Waals surface area (Å²) in [6.07, 6.45) is 3.44. The predicted octanol–water partition coefficient (Wildman–Crippen LogP) is 4.16. The summed E-state index contributed by atoms with van der Waals surface area (Å²) in [5.41, 5.74) is 2.01. The highest BCUT2D eigenvalue weighted by atomic mass is 16.3. The van der Waals surface area contributed by atoms with Crippen molar-refractivity contribution < 1.29 is 15.0 Å². The van der Waals surface area contributed by atoms with Gasteiger partial charge in [0.15, 0.2) is 5.78 Å². The summed E-state index contributed by atoms with van der Waals surface area (Å²) in [5.74, 6) is 0.535. The fraction of sp³-hybridized carbons (Fsp3) is 0.650. The molecule has 1 fully saturated rings. The van der Waals surface area contributed by atoms with E-state index in [1.54, 1.807) is 0 Å². The van der Waals surface area contributed by atoms with Gasteiger partial charge in [-0.1, -0.05) is 46.2 Å². The van der Waals surface area contributed by atoms with Crippen molar-refractivity contribution in [2.75, 3.05) is 6.61 Å². The lowest BCUT2D eigenvalue weighted by molar-refractivity contribution is -0.0143. The van der Waals surface area contributed by atoms with Gasteiger partial charge in [0, 0.05) is 13.0 Å². The topological polar surface area (TPSA) is 57.5 Å². The summed E-state index contributed by atoms with van der Waals surface area (Å²) in [7, 11) is 0. The van der Waals surface area contributed by atoms with Gasteiger partial charge in [-0.3, -0.25) is 4.79 Å². The van der Waals surface area contributed by atoms with Crippen LogP contribution in [0.15, 0.2) is 12.1 Å².